The van der Waals surface area contributed by atoms with Gasteiger partial charge in [0.15, 0.2) is 0 Å². The minimum atomic E-state index is -1.24. The third-order valence-corrected chi connectivity index (χ3v) is 5.46. The third kappa shape index (κ3) is 4.45. The van der Waals surface area contributed by atoms with Crippen LogP contribution in [0.4, 0.5) is 4.79 Å². The van der Waals surface area contributed by atoms with Crippen LogP contribution in [0.1, 0.15) is 17.0 Å². The number of hydrogen-bond donors (Lipinski definition) is 3. The highest BCUT2D eigenvalue weighted by Crippen LogP contribution is 2.44. The van der Waals surface area contributed by atoms with Crippen molar-refractivity contribution in [2.75, 3.05) is 18.1 Å². The summed E-state index contributed by atoms with van der Waals surface area (Å²) in [7, 11) is 0. The summed E-state index contributed by atoms with van der Waals surface area (Å²) in [6.07, 6.45) is -0.842. The van der Waals surface area contributed by atoms with Crippen LogP contribution in [0.25, 0.3) is 11.1 Å². The van der Waals surface area contributed by atoms with Crippen LogP contribution in [0.2, 0.25) is 0 Å². The van der Waals surface area contributed by atoms with E-state index in [1.807, 2.05) is 48.5 Å². The number of ether oxygens (including phenoxy) is 1. The average Bonchev–Trinajstić information content (AvgIpc) is 2.99. The van der Waals surface area contributed by atoms with Crippen molar-refractivity contribution in [3.05, 3.63) is 59.7 Å². The van der Waals surface area contributed by atoms with E-state index in [9.17, 15) is 19.5 Å². The second kappa shape index (κ2) is 8.79. The summed E-state index contributed by atoms with van der Waals surface area (Å²) in [6, 6.07) is 14.6. The number of nitrogens with one attached hydrogen (secondary N) is 1. The minimum absolute atomic E-state index is 0.0637. The third-order valence-electron chi connectivity index (χ3n) is 4.44. The van der Waals surface area contributed by atoms with Crippen molar-refractivity contribution in [1.29, 1.82) is 0 Å². The van der Waals surface area contributed by atoms with Gasteiger partial charge >= 0.3 is 18.0 Å². The van der Waals surface area contributed by atoms with E-state index in [4.69, 9.17) is 9.84 Å². The molecular formula is C20H19NO6S. The van der Waals surface area contributed by atoms with E-state index in [1.54, 1.807) is 0 Å². The van der Waals surface area contributed by atoms with Crippen LogP contribution < -0.4 is 5.32 Å². The Bertz CT molecular complexity index is 854. The largest absolute Gasteiger partial charge is 0.481 e. The fraction of sp³-hybridized carbons (Fsp3) is 0.250. The molecule has 3 N–H and O–H groups in total. The number of carboxylic acid groups (broad SMARTS) is 2. The average molecular weight is 401 g/mol. The molecule has 0 unspecified atom stereocenters. The first-order chi connectivity index (χ1) is 13.5. The van der Waals surface area contributed by atoms with Gasteiger partial charge in [0, 0.05) is 11.7 Å². The molecule has 0 saturated carbocycles. The minimum Gasteiger partial charge on any atom is -0.481 e. The van der Waals surface area contributed by atoms with Crippen LogP contribution in [-0.4, -0.2) is 52.4 Å². The molecule has 0 aliphatic heterocycles. The highest BCUT2D eigenvalue weighted by Gasteiger charge is 2.29. The van der Waals surface area contributed by atoms with E-state index in [-0.39, 0.29) is 24.0 Å². The van der Waals surface area contributed by atoms with Crippen LogP contribution in [0.15, 0.2) is 48.5 Å². The van der Waals surface area contributed by atoms with E-state index in [1.165, 1.54) is 0 Å². The molecule has 0 fully saturated rings. The van der Waals surface area contributed by atoms with Gasteiger partial charge in [0.1, 0.15) is 12.6 Å². The highest BCUT2D eigenvalue weighted by molar-refractivity contribution is 8.00. The van der Waals surface area contributed by atoms with Crippen LogP contribution >= 0.6 is 11.8 Å². The Morgan fingerprint density at radius 3 is 2.11 bits per heavy atom. The molecular weight excluding hydrogens is 382 g/mol. The molecule has 0 spiro atoms. The molecule has 2 aromatic carbocycles. The predicted octanol–water partition coefficient (Wildman–Crippen LogP) is 2.80. The topological polar surface area (TPSA) is 113 Å². The molecule has 8 heteroatoms. The van der Waals surface area contributed by atoms with E-state index < -0.39 is 24.1 Å². The zero-order valence-electron chi connectivity index (χ0n) is 14.8. The number of hydrogen-bond acceptors (Lipinski definition) is 5. The van der Waals surface area contributed by atoms with Gasteiger partial charge < -0.3 is 20.3 Å². The van der Waals surface area contributed by atoms with Crippen LogP contribution in [0.5, 0.6) is 0 Å². The van der Waals surface area contributed by atoms with E-state index in [0.29, 0.717) is 0 Å². The molecule has 0 bridgehead atoms. The fourth-order valence-corrected chi connectivity index (χ4v) is 3.98. The standard InChI is InChI=1S/C20H19NO6S/c22-18(23)11-28-10-17(19(24)25)21-20(26)27-9-16-14-7-3-1-5-12(14)13-6-2-4-8-15(13)16/h1-8,16-17H,9-11H2,(H,21,26)(H,22,23)(H,24,25)/t17-/m1/s1. The lowest BCUT2D eigenvalue weighted by molar-refractivity contribution is -0.139. The molecule has 1 amide bonds. The van der Waals surface area contributed by atoms with Crippen LogP contribution in [-0.2, 0) is 14.3 Å². The van der Waals surface area contributed by atoms with Crippen molar-refractivity contribution >= 4 is 29.8 Å². The smallest absolute Gasteiger partial charge is 0.407 e. The van der Waals surface area contributed by atoms with Gasteiger partial charge in [-0.2, -0.15) is 0 Å². The summed E-state index contributed by atoms with van der Waals surface area (Å²) in [4.78, 5) is 33.9. The molecule has 2 aromatic rings. The maximum atomic E-state index is 12.1. The van der Waals surface area contributed by atoms with Gasteiger partial charge in [0.25, 0.3) is 0 Å². The lowest BCUT2D eigenvalue weighted by atomic mass is 9.98. The van der Waals surface area contributed by atoms with Gasteiger partial charge in [-0.3, -0.25) is 4.79 Å². The lowest BCUT2D eigenvalue weighted by Gasteiger charge is -2.17. The Balaban J connectivity index is 1.62. The number of amides is 1. The van der Waals surface area contributed by atoms with Gasteiger partial charge in [-0.05, 0) is 22.3 Å². The molecule has 3 rings (SSSR count). The van der Waals surface area contributed by atoms with Crippen molar-refractivity contribution in [2.24, 2.45) is 0 Å². The number of carbonyl (C=O) groups excluding carboxylic acids is 1. The van der Waals surface area contributed by atoms with Crippen molar-refractivity contribution in [3.63, 3.8) is 0 Å². The first-order valence-corrected chi connectivity index (χ1v) is 9.76. The van der Waals surface area contributed by atoms with Gasteiger partial charge in [-0.25, -0.2) is 9.59 Å². The number of benzene rings is 2. The predicted molar refractivity (Wildman–Crippen MR) is 105 cm³/mol. The monoisotopic (exact) mass is 401 g/mol. The molecule has 0 saturated heterocycles. The molecule has 28 heavy (non-hydrogen) atoms. The highest BCUT2D eigenvalue weighted by atomic mass is 32.2. The van der Waals surface area contributed by atoms with Gasteiger partial charge in [-0.1, -0.05) is 48.5 Å². The summed E-state index contributed by atoms with van der Waals surface area (Å²) < 4.78 is 5.31. The van der Waals surface area contributed by atoms with Crippen molar-refractivity contribution < 1.29 is 29.3 Å². The summed E-state index contributed by atoms with van der Waals surface area (Å²) in [5.74, 6) is -2.72. The first kappa shape index (κ1) is 19.8. The van der Waals surface area contributed by atoms with Crippen LogP contribution in [0, 0.1) is 0 Å². The fourth-order valence-electron chi connectivity index (χ4n) is 3.22. The Hall–Kier alpha value is -3.00. The Labute approximate surface area is 165 Å². The van der Waals surface area contributed by atoms with Gasteiger partial charge in [0.05, 0.1) is 5.75 Å². The maximum Gasteiger partial charge on any atom is 0.407 e. The second-order valence-electron chi connectivity index (χ2n) is 6.27. The summed E-state index contributed by atoms with van der Waals surface area (Å²) in [6.45, 7) is 0.0778. The zero-order valence-corrected chi connectivity index (χ0v) is 15.6. The number of thioether (sulfide) groups is 1. The molecule has 0 radical (unpaired) electrons. The molecule has 146 valence electrons. The molecule has 1 atom stereocenters. The lowest BCUT2D eigenvalue weighted by Crippen LogP contribution is -2.43. The quantitative estimate of drug-likeness (QED) is 0.623. The molecule has 0 aromatic heterocycles. The Kier molecular flexibility index (Phi) is 6.20. The number of alkyl carbamates (subject to hydrolysis) is 1. The second-order valence-corrected chi connectivity index (χ2v) is 7.30. The maximum absolute atomic E-state index is 12.1. The zero-order chi connectivity index (χ0) is 20.1. The molecule has 1 aliphatic carbocycles. The number of aliphatic carboxylic acids is 2. The summed E-state index contributed by atoms with van der Waals surface area (Å²) >= 11 is 0.914. The van der Waals surface area contributed by atoms with Crippen molar-refractivity contribution in [2.45, 2.75) is 12.0 Å². The molecule has 1 aliphatic rings. The molecule has 7 nitrogen and oxygen atoms in total. The Morgan fingerprint density at radius 1 is 1.00 bits per heavy atom. The number of carbonyl (C=O) groups is 3. The van der Waals surface area contributed by atoms with E-state index in [2.05, 4.69) is 5.32 Å². The summed E-state index contributed by atoms with van der Waals surface area (Å²) in [5, 5.41) is 20.1. The van der Waals surface area contributed by atoms with Gasteiger partial charge in [-0.15, -0.1) is 11.8 Å². The number of carboxylic acids is 2. The van der Waals surface area contributed by atoms with E-state index in [0.717, 1.165) is 34.0 Å². The van der Waals surface area contributed by atoms with Gasteiger partial charge in [0.2, 0.25) is 0 Å². The SMILES string of the molecule is O=C(O)CSC[C@@H](NC(=O)OCC1c2ccccc2-c2ccccc21)C(=O)O. The normalized spacial score (nSPS) is 13.3. The summed E-state index contributed by atoms with van der Waals surface area (Å²) in [5.41, 5.74) is 4.31. The Morgan fingerprint density at radius 2 is 1.57 bits per heavy atom. The van der Waals surface area contributed by atoms with Crippen molar-refractivity contribution in [1.82, 2.24) is 5.32 Å². The van der Waals surface area contributed by atoms with Crippen molar-refractivity contribution in [3.8, 4) is 11.1 Å². The number of fused-ring (bicyclic) bond motifs is 3. The first-order valence-electron chi connectivity index (χ1n) is 8.61. The van der Waals surface area contributed by atoms with E-state index >= 15 is 0 Å². The number of rotatable bonds is 8. The van der Waals surface area contributed by atoms with Crippen LogP contribution in [0.3, 0.4) is 0 Å². The molecule has 0 heterocycles.